The van der Waals surface area contributed by atoms with Gasteiger partial charge < -0.3 is 10.4 Å². The lowest BCUT2D eigenvalue weighted by Crippen LogP contribution is -2.39. The summed E-state index contributed by atoms with van der Waals surface area (Å²) in [5.41, 5.74) is 1.07. The molecule has 1 rings (SSSR count). The van der Waals surface area contributed by atoms with Gasteiger partial charge in [-0.15, -0.1) is 0 Å². The predicted octanol–water partition coefficient (Wildman–Crippen LogP) is 1.66. The largest absolute Gasteiger partial charge is 0.480 e. The van der Waals surface area contributed by atoms with E-state index in [2.05, 4.69) is 12.2 Å². The molecule has 0 aliphatic heterocycles. The van der Waals surface area contributed by atoms with Gasteiger partial charge in [-0.25, -0.2) is 0 Å². The fourth-order valence-electron chi connectivity index (χ4n) is 2.07. The lowest BCUT2D eigenvalue weighted by atomic mass is 10.0. The van der Waals surface area contributed by atoms with Crippen LogP contribution in [0.4, 0.5) is 0 Å². The van der Waals surface area contributed by atoms with E-state index in [0.29, 0.717) is 0 Å². The molecule has 1 aromatic rings. The van der Waals surface area contributed by atoms with Crippen molar-refractivity contribution in [3.8, 4) is 0 Å². The van der Waals surface area contributed by atoms with Crippen LogP contribution in [0, 0.1) is 0 Å². The lowest BCUT2D eigenvalue weighted by Gasteiger charge is -2.20. The maximum Gasteiger partial charge on any atom is 0.317 e. The van der Waals surface area contributed by atoms with Gasteiger partial charge in [-0.05, 0) is 19.0 Å². The highest BCUT2D eigenvalue weighted by Gasteiger charge is 2.15. The molecule has 1 unspecified atom stereocenters. The van der Waals surface area contributed by atoms with Crippen LogP contribution in [0.1, 0.15) is 31.4 Å². The first-order chi connectivity index (χ1) is 9.52. The van der Waals surface area contributed by atoms with Crippen molar-refractivity contribution in [2.75, 3.05) is 20.1 Å². The molecule has 0 saturated heterocycles. The van der Waals surface area contributed by atoms with Gasteiger partial charge in [0.1, 0.15) is 0 Å². The lowest BCUT2D eigenvalue weighted by molar-refractivity contribution is -0.138. The first-order valence-corrected chi connectivity index (χ1v) is 6.77. The van der Waals surface area contributed by atoms with E-state index in [1.165, 1.54) is 4.90 Å². The van der Waals surface area contributed by atoms with E-state index in [4.69, 9.17) is 5.11 Å². The first kappa shape index (κ1) is 16.2. The molecule has 0 bridgehead atoms. The molecule has 0 spiro atoms. The molecule has 0 aliphatic carbocycles. The molecule has 2 N–H and O–H groups in total. The number of carbonyl (C=O) groups is 2. The highest BCUT2D eigenvalue weighted by molar-refractivity contribution is 5.79. The summed E-state index contributed by atoms with van der Waals surface area (Å²) in [5.74, 6) is -1.09. The third-order valence-corrected chi connectivity index (χ3v) is 2.93. The van der Waals surface area contributed by atoms with Gasteiger partial charge in [0.2, 0.25) is 5.91 Å². The maximum absolute atomic E-state index is 11.9. The molecule has 0 aliphatic rings. The van der Waals surface area contributed by atoms with Crippen molar-refractivity contribution in [3.63, 3.8) is 0 Å². The Labute approximate surface area is 119 Å². The monoisotopic (exact) mass is 278 g/mol. The molecule has 0 radical (unpaired) electrons. The van der Waals surface area contributed by atoms with E-state index in [9.17, 15) is 9.59 Å². The van der Waals surface area contributed by atoms with Crippen molar-refractivity contribution in [3.05, 3.63) is 35.9 Å². The molecule has 0 saturated carbocycles. The average molecular weight is 278 g/mol. The van der Waals surface area contributed by atoms with Crippen molar-refractivity contribution in [1.29, 1.82) is 0 Å². The van der Waals surface area contributed by atoms with Gasteiger partial charge in [0.05, 0.1) is 19.1 Å². The smallest absolute Gasteiger partial charge is 0.317 e. The standard InChI is InChI=1S/C15H22N2O3/c1-3-7-13(12-8-5-4-6-9-12)16-14(18)10-17(2)11-15(19)20/h4-6,8-9,13H,3,7,10-11H2,1-2H3,(H,16,18)(H,19,20). The average Bonchev–Trinajstić information content (AvgIpc) is 2.38. The third kappa shape index (κ3) is 5.84. The third-order valence-electron chi connectivity index (χ3n) is 2.93. The number of carbonyl (C=O) groups excluding carboxylic acids is 1. The SMILES string of the molecule is CCCC(NC(=O)CN(C)CC(=O)O)c1ccccc1. The Morgan fingerprint density at radius 3 is 2.45 bits per heavy atom. The summed E-state index contributed by atoms with van der Waals surface area (Å²) in [4.78, 5) is 24.0. The van der Waals surface area contributed by atoms with Crippen molar-refractivity contribution in [1.82, 2.24) is 10.2 Å². The van der Waals surface area contributed by atoms with Crippen LogP contribution >= 0.6 is 0 Å². The Bertz CT molecular complexity index is 434. The fourth-order valence-corrected chi connectivity index (χ4v) is 2.07. The number of carboxylic acid groups (broad SMARTS) is 1. The zero-order valence-electron chi connectivity index (χ0n) is 12.0. The number of hydrogen-bond donors (Lipinski definition) is 2. The Morgan fingerprint density at radius 2 is 1.90 bits per heavy atom. The number of nitrogens with one attached hydrogen (secondary N) is 1. The molecule has 5 nitrogen and oxygen atoms in total. The van der Waals surface area contributed by atoms with Gasteiger partial charge in [0.25, 0.3) is 0 Å². The number of rotatable bonds is 8. The Hall–Kier alpha value is -1.88. The van der Waals surface area contributed by atoms with Gasteiger partial charge in [-0.2, -0.15) is 0 Å². The summed E-state index contributed by atoms with van der Waals surface area (Å²) < 4.78 is 0. The number of benzene rings is 1. The summed E-state index contributed by atoms with van der Waals surface area (Å²) in [6.07, 6.45) is 1.82. The minimum atomic E-state index is -0.937. The second kappa shape index (κ2) is 8.32. The van der Waals surface area contributed by atoms with Crippen LogP contribution in [0.5, 0.6) is 0 Å². The number of amides is 1. The zero-order valence-corrected chi connectivity index (χ0v) is 12.0. The number of hydrogen-bond acceptors (Lipinski definition) is 3. The molecule has 5 heteroatoms. The van der Waals surface area contributed by atoms with Crippen molar-refractivity contribution >= 4 is 11.9 Å². The maximum atomic E-state index is 11.9. The van der Waals surface area contributed by atoms with Crippen LogP contribution in [0.3, 0.4) is 0 Å². The predicted molar refractivity (Wildman–Crippen MR) is 77.4 cm³/mol. The Kier molecular flexibility index (Phi) is 6.73. The molecule has 110 valence electrons. The molecule has 1 amide bonds. The van der Waals surface area contributed by atoms with Gasteiger partial charge >= 0.3 is 5.97 Å². The minimum absolute atomic E-state index is 0.0214. The van der Waals surface area contributed by atoms with E-state index in [-0.39, 0.29) is 25.0 Å². The Morgan fingerprint density at radius 1 is 1.25 bits per heavy atom. The number of nitrogens with zero attached hydrogens (tertiary/aromatic N) is 1. The van der Waals surface area contributed by atoms with Crippen molar-refractivity contribution in [2.24, 2.45) is 0 Å². The number of aliphatic carboxylic acids is 1. The summed E-state index contributed by atoms with van der Waals surface area (Å²) in [6, 6.07) is 9.78. The zero-order chi connectivity index (χ0) is 15.0. The second-order valence-corrected chi connectivity index (χ2v) is 4.89. The van der Waals surface area contributed by atoms with Gasteiger partial charge in [0.15, 0.2) is 0 Å². The highest BCUT2D eigenvalue weighted by Crippen LogP contribution is 2.17. The van der Waals surface area contributed by atoms with Crippen LogP contribution in [-0.4, -0.2) is 42.0 Å². The molecule has 20 heavy (non-hydrogen) atoms. The minimum Gasteiger partial charge on any atom is -0.480 e. The van der Waals surface area contributed by atoms with E-state index in [1.807, 2.05) is 30.3 Å². The second-order valence-electron chi connectivity index (χ2n) is 4.89. The van der Waals surface area contributed by atoms with Crippen LogP contribution < -0.4 is 5.32 Å². The number of likely N-dealkylation sites (N-methyl/N-ethyl adjacent to an activating group) is 1. The highest BCUT2D eigenvalue weighted by atomic mass is 16.4. The van der Waals surface area contributed by atoms with E-state index < -0.39 is 5.97 Å². The Balaban J connectivity index is 2.57. The molecule has 1 atom stereocenters. The van der Waals surface area contributed by atoms with Gasteiger partial charge in [0, 0.05) is 0 Å². The quantitative estimate of drug-likeness (QED) is 0.759. The molecule has 0 heterocycles. The molecular weight excluding hydrogens is 256 g/mol. The summed E-state index contributed by atoms with van der Waals surface area (Å²) in [7, 11) is 1.62. The molecular formula is C15H22N2O3. The van der Waals surface area contributed by atoms with E-state index >= 15 is 0 Å². The van der Waals surface area contributed by atoms with Gasteiger partial charge in [-0.1, -0.05) is 43.7 Å². The van der Waals surface area contributed by atoms with Crippen LogP contribution in [0.15, 0.2) is 30.3 Å². The van der Waals surface area contributed by atoms with Crippen molar-refractivity contribution < 1.29 is 14.7 Å². The number of carboxylic acids is 1. The molecule has 0 aromatic heterocycles. The first-order valence-electron chi connectivity index (χ1n) is 6.77. The molecule has 0 fully saturated rings. The summed E-state index contributed by atoms with van der Waals surface area (Å²) >= 11 is 0. The van der Waals surface area contributed by atoms with Crippen LogP contribution in [-0.2, 0) is 9.59 Å². The summed E-state index contributed by atoms with van der Waals surface area (Å²) in [6.45, 7) is 2.01. The topological polar surface area (TPSA) is 69.6 Å². The molecule has 1 aromatic carbocycles. The van der Waals surface area contributed by atoms with Crippen LogP contribution in [0.2, 0.25) is 0 Å². The summed E-state index contributed by atoms with van der Waals surface area (Å²) in [5, 5.41) is 11.6. The normalized spacial score (nSPS) is 12.2. The fraction of sp³-hybridized carbons (Fsp3) is 0.467. The van der Waals surface area contributed by atoms with Crippen LogP contribution in [0.25, 0.3) is 0 Å². The van der Waals surface area contributed by atoms with E-state index in [1.54, 1.807) is 7.05 Å². The van der Waals surface area contributed by atoms with E-state index in [0.717, 1.165) is 18.4 Å². The van der Waals surface area contributed by atoms with Crippen molar-refractivity contribution in [2.45, 2.75) is 25.8 Å². The van der Waals surface area contributed by atoms with Gasteiger partial charge in [-0.3, -0.25) is 14.5 Å².